The van der Waals surface area contributed by atoms with E-state index in [-0.39, 0.29) is 13.0 Å². The highest BCUT2D eigenvalue weighted by molar-refractivity contribution is 7.92. The predicted octanol–water partition coefficient (Wildman–Crippen LogP) is 1.30. The van der Waals surface area contributed by atoms with Crippen molar-refractivity contribution in [1.29, 1.82) is 0 Å². The van der Waals surface area contributed by atoms with Gasteiger partial charge in [0.1, 0.15) is 12.1 Å². The minimum atomic E-state index is -3.83. The van der Waals surface area contributed by atoms with Gasteiger partial charge in [-0.05, 0) is 37.1 Å². The average Bonchev–Trinajstić information content (AvgIpc) is 2.86. The fraction of sp³-hybridized carbons (Fsp3) is 0.333. The van der Waals surface area contributed by atoms with Crippen molar-refractivity contribution in [3.63, 3.8) is 0 Å². The number of aliphatic carboxylic acids is 1. The molecule has 0 spiro atoms. The maximum absolute atomic E-state index is 12.1. The second kappa shape index (κ2) is 7.33. The van der Waals surface area contributed by atoms with E-state index in [1.807, 2.05) is 0 Å². The summed E-state index contributed by atoms with van der Waals surface area (Å²) in [7, 11) is -3.83. The number of likely N-dealkylation sites (tertiary alicyclic amines) is 1. The molecule has 1 fully saturated rings. The van der Waals surface area contributed by atoms with Crippen molar-refractivity contribution >= 4 is 39.6 Å². The zero-order chi connectivity index (χ0) is 17.9. The Bertz CT molecular complexity index is 761. The first kappa shape index (κ1) is 18.4. The Hall–Kier alpha value is -1.90. The Balaban J connectivity index is 2.03. The van der Waals surface area contributed by atoms with Crippen molar-refractivity contribution in [2.75, 3.05) is 6.54 Å². The van der Waals surface area contributed by atoms with Crippen LogP contribution >= 0.6 is 11.6 Å². The van der Waals surface area contributed by atoms with Crippen LogP contribution in [0.3, 0.4) is 0 Å². The van der Waals surface area contributed by atoms with Gasteiger partial charge in [0.25, 0.3) is 0 Å². The number of carboxylic acids is 1. The predicted molar refractivity (Wildman–Crippen MR) is 89.8 cm³/mol. The van der Waals surface area contributed by atoms with Gasteiger partial charge in [0, 0.05) is 17.0 Å². The van der Waals surface area contributed by atoms with E-state index in [1.165, 1.54) is 13.0 Å². The zero-order valence-electron chi connectivity index (χ0n) is 12.8. The van der Waals surface area contributed by atoms with E-state index in [4.69, 9.17) is 16.7 Å². The minimum absolute atomic E-state index is 0.195. The number of rotatable bonds is 6. The number of sulfonamides is 1. The molecule has 0 bridgehead atoms. The highest BCUT2D eigenvalue weighted by atomic mass is 35.5. The SMILES string of the molecule is C[C@@H](C(=O)O)N1CC[C@H](NS(=O)(=O)/C=C/c2ccc(Cl)cc2)C1=O. The Morgan fingerprint density at radius 3 is 2.62 bits per heavy atom. The summed E-state index contributed by atoms with van der Waals surface area (Å²) in [6.07, 6.45) is 1.61. The largest absolute Gasteiger partial charge is 0.480 e. The highest BCUT2D eigenvalue weighted by Crippen LogP contribution is 2.16. The number of amides is 1. The summed E-state index contributed by atoms with van der Waals surface area (Å²) in [5.41, 5.74) is 0.642. The third-order valence-electron chi connectivity index (χ3n) is 3.68. The van der Waals surface area contributed by atoms with E-state index in [2.05, 4.69) is 4.72 Å². The molecule has 24 heavy (non-hydrogen) atoms. The Morgan fingerprint density at radius 1 is 1.42 bits per heavy atom. The monoisotopic (exact) mass is 372 g/mol. The molecule has 1 aromatic carbocycles. The lowest BCUT2D eigenvalue weighted by atomic mass is 10.2. The number of nitrogens with one attached hydrogen (secondary N) is 1. The molecule has 0 aliphatic carbocycles. The van der Waals surface area contributed by atoms with E-state index >= 15 is 0 Å². The Morgan fingerprint density at radius 2 is 2.04 bits per heavy atom. The molecule has 1 aliphatic heterocycles. The molecular weight excluding hydrogens is 356 g/mol. The summed E-state index contributed by atoms with van der Waals surface area (Å²) in [4.78, 5) is 24.2. The molecule has 1 saturated heterocycles. The van der Waals surface area contributed by atoms with Gasteiger partial charge in [-0.3, -0.25) is 4.79 Å². The van der Waals surface area contributed by atoms with Crippen LogP contribution in [-0.2, 0) is 19.6 Å². The normalized spacial score (nSPS) is 19.8. The highest BCUT2D eigenvalue weighted by Gasteiger charge is 2.38. The molecule has 9 heteroatoms. The van der Waals surface area contributed by atoms with Crippen LogP contribution in [0.5, 0.6) is 0 Å². The molecule has 7 nitrogen and oxygen atoms in total. The average molecular weight is 373 g/mol. The molecule has 0 unspecified atom stereocenters. The molecule has 2 atom stereocenters. The molecule has 0 saturated carbocycles. The number of hydrogen-bond acceptors (Lipinski definition) is 4. The quantitative estimate of drug-likeness (QED) is 0.783. The van der Waals surface area contributed by atoms with Crippen molar-refractivity contribution in [1.82, 2.24) is 9.62 Å². The molecule has 1 heterocycles. The van der Waals surface area contributed by atoms with Crippen LogP contribution in [0.15, 0.2) is 29.7 Å². The second-order valence-corrected chi connectivity index (χ2v) is 7.44. The van der Waals surface area contributed by atoms with Gasteiger partial charge >= 0.3 is 5.97 Å². The fourth-order valence-corrected chi connectivity index (χ4v) is 3.46. The van der Waals surface area contributed by atoms with Crippen LogP contribution in [0.1, 0.15) is 18.9 Å². The number of carboxylic acid groups (broad SMARTS) is 1. The van der Waals surface area contributed by atoms with E-state index in [0.717, 1.165) is 10.3 Å². The van der Waals surface area contributed by atoms with Gasteiger partial charge in [0.05, 0.1) is 0 Å². The van der Waals surface area contributed by atoms with Gasteiger partial charge in [0.2, 0.25) is 15.9 Å². The lowest BCUT2D eigenvalue weighted by Crippen LogP contribution is -2.45. The maximum atomic E-state index is 12.1. The first-order valence-electron chi connectivity index (χ1n) is 7.19. The van der Waals surface area contributed by atoms with Gasteiger partial charge in [-0.15, -0.1) is 0 Å². The number of carbonyl (C=O) groups is 2. The third-order valence-corrected chi connectivity index (χ3v) is 5.04. The van der Waals surface area contributed by atoms with Crippen molar-refractivity contribution in [3.8, 4) is 0 Å². The van der Waals surface area contributed by atoms with Crippen LogP contribution in [0.2, 0.25) is 5.02 Å². The molecule has 1 aliphatic rings. The minimum Gasteiger partial charge on any atom is -0.480 e. The van der Waals surface area contributed by atoms with Crippen LogP contribution in [0.4, 0.5) is 0 Å². The Labute approximate surface area is 145 Å². The first-order valence-corrected chi connectivity index (χ1v) is 9.11. The van der Waals surface area contributed by atoms with Crippen molar-refractivity contribution in [3.05, 3.63) is 40.3 Å². The van der Waals surface area contributed by atoms with Crippen LogP contribution < -0.4 is 4.72 Å². The smallest absolute Gasteiger partial charge is 0.326 e. The zero-order valence-corrected chi connectivity index (χ0v) is 14.4. The molecule has 1 aromatic rings. The molecule has 1 amide bonds. The van der Waals surface area contributed by atoms with Crippen LogP contribution in [0, 0.1) is 0 Å². The molecule has 2 N–H and O–H groups in total. The molecule has 0 radical (unpaired) electrons. The summed E-state index contributed by atoms with van der Waals surface area (Å²) in [5.74, 6) is -1.66. The topological polar surface area (TPSA) is 104 Å². The van der Waals surface area contributed by atoms with Gasteiger partial charge in [0.15, 0.2) is 0 Å². The summed E-state index contributed by atoms with van der Waals surface area (Å²) in [5, 5.41) is 10.5. The third kappa shape index (κ3) is 4.56. The molecule has 2 rings (SSSR count). The standard InChI is InChI=1S/C15H17ClN2O5S/c1-10(15(20)21)18-8-6-13(14(18)19)17-24(22,23)9-7-11-2-4-12(16)5-3-11/h2-5,7,9-10,13,17H,6,8H2,1H3,(H,20,21)/b9-7+/t10-,13-/m0/s1. The van der Waals surface area contributed by atoms with E-state index in [0.29, 0.717) is 10.6 Å². The van der Waals surface area contributed by atoms with Gasteiger partial charge in [-0.1, -0.05) is 23.7 Å². The second-order valence-electron chi connectivity index (χ2n) is 5.40. The van der Waals surface area contributed by atoms with E-state index < -0.39 is 34.0 Å². The lowest BCUT2D eigenvalue weighted by Gasteiger charge is -2.20. The maximum Gasteiger partial charge on any atom is 0.326 e. The summed E-state index contributed by atoms with van der Waals surface area (Å²) >= 11 is 5.75. The Kier molecular flexibility index (Phi) is 5.63. The van der Waals surface area contributed by atoms with Crippen molar-refractivity contribution in [2.45, 2.75) is 25.4 Å². The summed E-state index contributed by atoms with van der Waals surface area (Å²) in [6, 6.07) is 4.64. The number of nitrogens with zero attached hydrogens (tertiary/aromatic N) is 1. The van der Waals surface area contributed by atoms with Crippen molar-refractivity contribution < 1.29 is 23.1 Å². The summed E-state index contributed by atoms with van der Waals surface area (Å²) < 4.78 is 26.4. The van der Waals surface area contributed by atoms with E-state index in [9.17, 15) is 18.0 Å². The van der Waals surface area contributed by atoms with E-state index in [1.54, 1.807) is 24.3 Å². The van der Waals surface area contributed by atoms with Crippen LogP contribution in [0.25, 0.3) is 6.08 Å². The van der Waals surface area contributed by atoms with Crippen LogP contribution in [-0.4, -0.2) is 48.9 Å². The molecular formula is C15H17ClN2O5S. The van der Waals surface area contributed by atoms with Gasteiger partial charge < -0.3 is 10.0 Å². The number of hydrogen-bond donors (Lipinski definition) is 2. The summed E-state index contributed by atoms with van der Waals surface area (Å²) in [6.45, 7) is 1.58. The van der Waals surface area contributed by atoms with Gasteiger partial charge in [-0.25, -0.2) is 13.2 Å². The first-order chi connectivity index (χ1) is 11.2. The number of halogens is 1. The molecule has 130 valence electrons. The molecule has 0 aromatic heterocycles. The fourth-order valence-electron chi connectivity index (χ4n) is 2.31. The van der Waals surface area contributed by atoms with Crippen molar-refractivity contribution in [2.24, 2.45) is 0 Å². The lowest BCUT2D eigenvalue weighted by molar-refractivity contribution is -0.147. The number of carbonyl (C=O) groups excluding carboxylic acids is 1. The number of benzene rings is 1. The van der Waals surface area contributed by atoms with Gasteiger partial charge in [-0.2, -0.15) is 4.72 Å².